The summed E-state index contributed by atoms with van der Waals surface area (Å²) in [5.41, 5.74) is -4.63. The summed E-state index contributed by atoms with van der Waals surface area (Å²) in [7, 11) is 0.897. The SMILES string of the molecule is COC(=O)c1nc(C(F)(F)F)c(C(F)(F)F)cc1-n1c(C)ccc1C. The van der Waals surface area contributed by atoms with E-state index in [-0.39, 0.29) is 6.07 Å². The van der Waals surface area contributed by atoms with Gasteiger partial charge in [0.05, 0.1) is 18.4 Å². The Hall–Kier alpha value is -2.52. The zero-order valence-corrected chi connectivity index (χ0v) is 13.2. The zero-order valence-electron chi connectivity index (χ0n) is 13.2. The number of carbonyl (C=O) groups is 1. The molecular formula is C15H12F6N2O2. The quantitative estimate of drug-likeness (QED) is 0.588. The van der Waals surface area contributed by atoms with Crippen LogP contribution in [0.4, 0.5) is 26.3 Å². The molecule has 0 spiro atoms. The van der Waals surface area contributed by atoms with Crippen LogP contribution in [0.3, 0.4) is 0 Å². The highest BCUT2D eigenvalue weighted by molar-refractivity contribution is 5.91. The minimum absolute atomic E-state index is 0.266. The molecule has 0 aromatic carbocycles. The Labute approximate surface area is 138 Å². The topological polar surface area (TPSA) is 44.1 Å². The van der Waals surface area contributed by atoms with E-state index in [9.17, 15) is 31.1 Å². The van der Waals surface area contributed by atoms with Crippen molar-refractivity contribution in [2.75, 3.05) is 7.11 Å². The lowest BCUT2D eigenvalue weighted by Gasteiger charge is -2.19. The Morgan fingerprint density at radius 2 is 1.56 bits per heavy atom. The van der Waals surface area contributed by atoms with Crippen molar-refractivity contribution in [2.24, 2.45) is 0 Å². The Balaban J connectivity index is 2.94. The maximum atomic E-state index is 13.2. The van der Waals surface area contributed by atoms with E-state index in [0.717, 1.165) is 7.11 Å². The zero-order chi connectivity index (χ0) is 19.2. The maximum Gasteiger partial charge on any atom is 0.433 e. The molecule has 0 saturated heterocycles. The molecule has 2 aromatic heterocycles. The molecule has 0 saturated carbocycles. The third kappa shape index (κ3) is 3.47. The molecule has 0 aliphatic heterocycles. The third-order valence-corrected chi connectivity index (χ3v) is 3.47. The second-order valence-electron chi connectivity index (χ2n) is 5.19. The van der Waals surface area contributed by atoms with E-state index in [1.807, 2.05) is 0 Å². The number of rotatable bonds is 2. The van der Waals surface area contributed by atoms with Gasteiger partial charge in [0.2, 0.25) is 0 Å². The van der Waals surface area contributed by atoms with Crippen LogP contribution >= 0.6 is 0 Å². The monoisotopic (exact) mass is 366 g/mol. The first-order chi connectivity index (χ1) is 11.4. The van der Waals surface area contributed by atoms with Crippen LogP contribution in [0, 0.1) is 13.8 Å². The second kappa shape index (κ2) is 6.08. The van der Waals surface area contributed by atoms with Crippen LogP contribution < -0.4 is 0 Å². The molecule has 0 N–H and O–H groups in total. The van der Waals surface area contributed by atoms with Crippen molar-refractivity contribution in [3.8, 4) is 5.69 Å². The first-order valence-corrected chi connectivity index (χ1v) is 6.81. The van der Waals surface area contributed by atoms with E-state index < -0.39 is 41.0 Å². The largest absolute Gasteiger partial charge is 0.464 e. The summed E-state index contributed by atoms with van der Waals surface area (Å²) in [6.45, 7) is 3.05. The summed E-state index contributed by atoms with van der Waals surface area (Å²) >= 11 is 0. The van der Waals surface area contributed by atoms with E-state index in [1.54, 1.807) is 12.1 Å². The molecule has 0 aliphatic carbocycles. The van der Waals surface area contributed by atoms with Crippen molar-refractivity contribution in [2.45, 2.75) is 26.2 Å². The standard InChI is InChI=1S/C15H12F6N2O2/c1-7-4-5-8(2)23(7)10-6-9(14(16,17)18)12(15(19,20)21)22-11(10)13(24)25-3/h4-6H,1-3H3. The van der Waals surface area contributed by atoms with Crippen molar-refractivity contribution in [1.29, 1.82) is 0 Å². The smallest absolute Gasteiger partial charge is 0.433 e. The number of aromatic nitrogens is 2. The average molecular weight is 366 g/mol. The number of esters is 1. The van der Waals surface area contributed by atoms with Crippen molar-refractivity contribution < 1.29 is 35.9 Å². The number of pyridine rings is 1. The summed E-state index contributed by atoms with van der Waals surface area (Å²) < 4.78 is 84.2. The van der Waals surface area contributed by atoms with Gasteiger partial charge in [-0.3, -0.25) is 0 Å². The lowest BCUT2D eigenvalue weighted by atomic mass is 10.1. The summed E-state index contributed by atoms with van der Waals surface area (Å²) in [6.07, 6.45) is -10.7. The minimum atomic E-state index is -5.40. The van der Waals surface area contributed by atoms with E-state index >= 15 is 0 Å². The first-order valence-electron chi connectivity index (χ1n) is 6.81. The number of alkyl halides is 6. The molecule has 0 aliphatic rings. The summed E-state index contributed by atoms with van der Waals surface area (Å²) in [5.74, 6) is -1.28. The van der Waals surface area contributed by atoms with Crippen molar-refractivity contribution in [1.82, 2.24) is 9.55 Å². The molecule has 0 bridgehead atoms. The molecule has 2 heterocycles. The fraction of sp³-hybridized carbons (Fsp3) is 0.333. The number of hydrogen-bond acceptors (Lipinski definition) is 3. The highest BCUT2D eigenvalue weighted by Crippen LogP contribution is 2.41. The van der Waals surface area contributed by atoms with Gasteiger partial charge < -0.3 is 9.30 Å². The van der Waals surface area contributed by atoms with Gasteiger partial charge in [-0.2, -0.15) is 26.3 Å². The molecule has 4 nitrogen and oxygen atoms in total. The molecule has 10 heteroatoms. The first kappa shape index (κ1) is 18.8. The van der Waals surface area contributed by atoms with Gasteiger partial charge in [-0.05, 0) is 32.0 Å². The predicted octanol–water partition coefficient (Wildman–Crippen LogP) is 4.31. The van der Waals surface area contributed by atoms with Gasteiger partial charge in [0.15, 0.2) is 11.4 Å². The van der Waals surface area contributed by atoms with Gasteiger partial charge in [-0.15, -0.1) is 0 Å². The molecular weight excluding hydrogens is 354 g/mol. The van der Waals surface area contributed by atoms with Crippen LogP contribution in [0.15, 0.2) is 18.2 Å². The molecule has 0 atom stereocenters. The predicted molar refractivity (Wildman–Crippen MR) is 74.4 cm³/mol. The van der Waals surface area contributed by atoms with E-state index in [0.29, 0.717) is 11.4 Å². The number of ether oxygens (including phenoxy) is 1. The summed E-state index contributed by atoms with van der Waals surface area (Å²) in [5, 5.41) is 0. The number of methoxy groups -OCH3 is 1. The van der Waals surface area contributed by atoms with Crippen LogP contribution in [0.5, 0.6) is 0 Å². The van der Waals surface area contributed by atoms with Gasteiger partial charge in [0, 0.05) is 11.4 Å². The van der Waals surface area contributed by atoms with Gasteiger partial charge >= 0.3 is 18.3 Å². The van der Waals surface area contributed by atoms with E-state index in [4.69, 9.17) is 0 Å². The van der Waals surface area contributed by atoms with Gasteiger partial charge in [-0.1, -0.05) is 0 Å². The van der Waals surface area contributed by atoms with Crippen molar-refractivity contribution in [3.05, 3.63) is 46.5 Å². The molecule has 0 fully saturated rings. The van der Waals surface area contributed by atoms with Gasteiger partial charge in [0.25, 0.3) is 0 Å². The Morgan fingerprint density at radius 3 is 1.96 bits per heavy atom. The number of halogens is 6. The Bertz CT molecular complexity index is 801. The van der Waals surface area contributed by atoms with Crippen LogP contribution in [-0.4, -0.2) is 22.6 Å². The normalized spacial score (nSPS) is 12.4. The molecule has 136 valence electrons. The Kier molecular flexibility index (Phi) is 4.58. The van der Waals surface area contributed by atoms with E-state index in [1.165, 1.54) is 18.4 Å². The van der Waals surface area contributed by atoms with Crippen molar-refractivity contribution >= 4 is 5.97 Å². The molecule has 0 amide bonds. The summed E-state index contributed by atoms with van der Waals surface area (Å²) in [6, 6.07) is 3.35. The van der Waals surface area contributed by atoms with Gasteiger partial charge in [-0.25, -0.2) is 9.78 Å². The molecule has 0 unspecified atom stereocenters. The van der Waals surface area contributed by atoms with Crippen LogP contribution in [0.2, 0.25) is 0 Å². The Morgan fingerprint density at radius 1 is 1.04 bits per heavy atom. The third-order valence-electron chi connectivity index (χ3n) is 3.47. The molecule has 0 radical (unpaired) electrons. The van der Waals surface area contributed by atoms with Crippen LogP contribution in [-0.2, 0) is 17.1 Å². The number of aryl methyl sites for hydroxylation is 2. The number of carbonyl (C=O) groups excluding carboxylic acids is 1. The average Bonchev–Trinajstić information content (AvgIpc) is 2.82. The van der Waals surface area contributed by atoms with E-state index in [2.05, 4.69) is 9.72 Å². The second-order valence-corrected chi connectivity index (χ2v) is 5.19. The van der Waals surface area contributed by atoms with Gasteiger partial charge in [0.1, 0.15) is 0 Å². The van der Waals surface area contributed by atoms with Crippen LogP contribution in [0.1, 0.15) is 33.1 Å². The summed E-state index contributed by atoms with van der Waals surface area (Å²) in [4.78, 5) is 14.8. The van der Waals surface area contributed by atoms with Crippen molar-refractivity contribution in [3.63, 3.8) is 0 Å². The fourth-order valence-corrected chi connectivity index (χ4v) is 2.40. The highest BCUT2D eigenvalue weighted by Gasteiger charge is 2.46. The highest BCUT2D eigenvalue weighted by atomic mass is 19.4. The molecule has 2 aromatic rings. The number of hydrogen-bond donors (Lipinski definition) is 0. The van der Waals surface area contributed by atoms with Crippen LogP contribution in [0.25, 0.3) is 5.69 Å². The molecule has 25 heavy (non-hydrogen) atoms. The number of nitrogens with zero attached hydrogens (tertiary/aromatic N) is 2. The maximum absolute atomic E-state index is 13.2. The molecule has 2 rings (SSSR count). The minimum Gasteiger partial charge on any atom is -0.464 e. The lowest BCUT2D eigenvalue weighted by molar-refractivity contribution is -0.164. The fourth-order valence-electron chi connectivity index (χ4n) is 2.40. The lowest BCUT2D eigenvalue weighted by Crippen LogP contribution is -2.23.